The molecule has 2 aromatic rings. The minimum Gasteiger partial charge on any atom is -0.271 e. The fraction of sp³-hybridized carbons (Fsp3) is 0.200. The quantitative estimate of drug-likeness (QED) is 0.618. The van der Waals surface area contributed by atoms with Crippen LogP contribution >= 0.6 is 11.6 Å². The molecule has 1 atom stereocenters. The summed E-state index contributed by atoms with van der Waals surface area (Å²) in [7, 11) is 1.82. The van der Waals surface area contributed by atoms with Crippen LogP contribution < -0.4 is 11.3 Å². The number of benzene rings is 1. The Bertz CT molecular complexity index is 464. The highest BCUT2D eigenvalue weighted by Gasteiger charge is 2.16. The zero-order chi connectivity index (χ0) is 11.5. The Kier molecular flexibility index (Phi) is 3.19. The summed E-state index contributed by atoms with van der Waals surface area (Å²) in [4.78, 5) is 0. The second-order valence-corrected chi connectivity index (χ2v) is 3.87. The van der Waals surface area contributed by atoms with Crippen LogP contribution in [0.2, 0.25) is 5.02 Å². The molecule has 0 radical (unpaired) electrons. The second kappa shape index (κ2) is 4.61. The Balaban J connectivity index is 2.37. The van der Waals surface area contributed by atoms with Crippen molar-refractivity contribution in [3.05, 3.63) is 46.7 Å². The molecular weight excluding hydrogens is 226 g/mol. The highest BCUT2D eigenvalue weighted by molar-refractivity contribution is 6.30. The lowest BCUT2D eigenvalue weighted by Gasteiger charge is -2.15. The van der Waals surface area contributed by atoms with Crippen molar-refractivity contribution in [2.24, 2.45) is 12.9 Å². The van der Waals surface area contributed by atoms with Crippen molar-refractivity contribution in [1.82, 2.24) is 20.4 Å². The maximum atomic E-state index is 5.83. The number of hydrogen-bond acceptors (Lipinski definition) is 4. The number of aryl methyl sites for hydroxylation is 1. The van der Waals surface area contributed by atoms with E-state index in [0.717, 1.165) is 11.3 Å². The fourth-order valence-electron chi connectivity index (χ4n) is 1.57. The van der Waals surface area contributed by atoms with Crippen molar-refractivity contribution >= 4 is 11.6 Å². The number of hydrazine groups is 1. The van der Waals surface area contributed by atoms with Crippen LogP contribution in [0.4, 0.5) is 0 Å². The predicted molar refractivity (Wildman–Crippen MR) is 61.6 cm³/mol. The van der Waals surface area contributed by atoms with Gasteiger partial charge in [-0.15, -0.1) is 5.10 Å². The molecule has 0 aliphatic carbocycles. The molecule has 1 aromatic carbocycles. The largest absolute Gasteiger partial charge is 0.271 e. The van der Waals surface area contributed by atoms with E-state index in [1.807, 2.05) is 31.3 Å². The van der Waals surface area contributed by atoms with Crippen molar-refractivity contribution in [3.63, 3.8) is 0 Å². The summed E-state index contributed by atoms with van der Waals surface area (Å²) in [6.45, 7) is 0. The van der Waals surface area contributed by atoms with Crippen LogP contribution in [0.3, 0.4) is 0 Å². The first-order chi connectivity index (χ1) is 7.72. The van der Waals surface area contributed by atoms with Gasteiger partial charge in [-0.2, -0.15) is 0 Å². The molecule has 0 bridgehead atoms. The van der Waals surface area contributed by atoms with Crippen LogP contribution in [0.25, 0.3) is 0 Å². The van der Waals surface area contributed by atoms with Gasteiger partial charge in [-0.3, -0.25) is 10.5 Å². The molecule has 1 unspecified atom stereocenters. The van der Waals surface area contributed by atoms with Crippen LogP contribution in [0, 0.1) is 0 Å². The van der Waals surface area contributed by atoms with Gasteiger partial charge < -0.3 is 0 Å². The minimum absolute atomic E-state index is 0.141. The monoisotopic (exact) mass is 237 g/mol. The summed E-state index contributed by atoms with van der Waals surface area (Å²) in [5.74, 6) is 5.55. The molecule has 0 saturated carbocycles. The molecular formula is C10H12ClN5. The molecule has 0 aliphatic heterocycles. The van der Waals surface area contributed by atoms with Crippen molar-refractivity contribution in [3.8, 4) is 0 Å². The molecule has 0 amide bonds. The lowest BCUT2D eigenvalue weighted by molar-refractivity contribution is 0.570. The van der Waals surface area contributed by atoms with E-state index in [0.29, 0.717) is 5.02 Å². The van der Waals surface area contributed by atoms with E-state index >= 15 is 0 Å². The normalized spacial score (nSPS) is 12.7. The molecule has 16 heavy (non-hydrogen) atoms. The Hall–Kier alpha value is -1.43. The summed E-state index contributed by atoms with van der Waals surface area (Å²) in [5, 5.41) is 8.40. The van der Waals surface area contributed by atoms with E-state index in [-0.39, 0.29) is 6.04 Å². The Labute approximate surface area is 98.2 Å². The molecule has 0 fully saturated rings. The zero-order valence-corrected chi connectivity index (χ0v) is 9.52. The molecule has 0 saturated heterocycles. The Morgan fingerprint density at radius 2 is 2.06 bits per heavy atom. The van der Waals surface area contributed by atoms with E-state index in [4.69, 9.17) is 17.4 Å². The van der Waals surface area contributed by atoms with Crippen LogP contribution in [0.1, 0.15) is 17.3 Å². The summed E-state index contributed by atoms with van der Waals surface area (Å²) in [6.07, 6.45) is 1.68. The number of nitrogens with one attached hydrogen (secondary N) is 1. The van der Waals surface area contributed by atoms with Gasteiger partial charge in [0.15, 0.2) is 0 Å². The Morgan fingerprint density at radius 3 is 2.56 bits per heavy atom. The second-order valence-electron chi connectivity index (χ2n) is 3.43. The van der Waals surface area contributed by atoms with Crippen molar-refractivity contribution < 1.29 is 0 Å². The first kappa shape index (κ1) is 11.1. The van der Waals surface area contributed by atoms with E-state index in [9.17, 15) is 0 Å². The Morgan fingerprint density at radius 1 is 1.38 bits per heavy atom. The summed E-state index contributed by atoms with van der Waals surface area (Å²) in [6, 6.07) is 7.34. The number of hydrogen-bond donors (Lipinski definition) is 2. The highest BCUT2D eigenvalue weighted by Crippen LogP contribution is 2.21. The van der Waals surface area contributed by atoms with Crippen molar-refractivity contribution in [2.75, 3.05) is 0 Å². The first-order valence-corrected chi connectivity index (χ1v) is 5.16. The molecule has 0 aliphatic rings. The average Bonchev–Trinajstić information content (AvgIpc) is 2.69. The SMILES string of the molecule is Cn1nncc1C(NN)c1ccc(Cl)cc1. The molecule has 0 spiro atoms. The van der Waals surface area contributed by atoms with Gasteiger partial charge in [0.05, 0.1) is 17.9 Å². The third kappa shape index (κ3) is 2.06. The third-order valence-corrected chi connectivity index (χ3v) is 2.67. The van der Waals surface area contributed by atoms with Gasteiger partial charge in [0.1, 0.15) is 0 Å². The first-order valence-electron chi connectivity index (χ1n) is 4.78. The molecule has 5 nitrogen and oxygen atoms in total. The number of nitrogens with zero attached hydrogens (tertiary/aromatic N) is 3. The molecule has 84 valence electrons. The van der Waals surface area contributed by atoms with Gasteiger partial charge in [-0.25, -0.2) is 5.43 Å². The minimum atomic E-state index is -0.141. The molecule has 2 rings (SSSR count). The lowest BCUT2D eigenvalue weighted by atomic mass is 10.1. The van der Waals surface area contributed by atoms with Gasteiger partial charge in [-0.05, 0) is 17.7 Å². The summed E-state index contributed by atoms with van der Waals surface area (Å²) in [5.41, 5.74) is 4.64. The third-order valence-electron chi connectivity index (χ3n) is 2.42. The fourth-order valence-corrected chi connectivity index (χ4v) is 1.69. The van der Waals surface area contributed by atoms with Crippen LogP contribution in [-0.4, -0.2) is 15.0 Å². The average molecular weight is 238 g/mol. The van der Waals surface area contributed by atoms with Gasteiger partial charge in [0, 0.05) is 12.1 Å². The maximum absolute atomic E-state index is 5.83. The maximum Gasteiger partial charge on any atom is 0.0894 e. The van der Waals surface area contributed by atoms with Gasteiger partial charge in [-0.1, -0.05) is 28.9 Å². The van der Waals surface area contributed by atoms with Crippen molar-refractivity contribution in [2.45, 2.75) is 6.04 Å². The standard InChI is InChI=1S/C10H12ClN5/c1-16-9(6-13-15-16)10(14-12)7-2-4-8(11)5-3-7/h2-6,10,14H,12H2,1H3. The number of aromatic nitrogens is 3. The van der Waals surface area contributed by atoms with E-state index in [1.54, 1.807) is 10.9 Å². The summed E-state index contributed by atoms with van der Waals surface area (Å²) < 4.78 is 1.68. The molecule has 6 heteroatoms. The van der Waals surface area contributed by atoms with Crippen LogP contribution in [-0.2, 0) is 7.05 Å². The molecule has 1 heterocycles. The number of halogens is 1. The van der Waals surface area contributed by atoms with E-state index < -0.39 is 0 Å². The molecule has 1 aromatic heterocycles. The van der Waals surface area contributed by atoms with Crippen molar-refractivity contribution in [1.29, 1.82) is 0 Å². The lowest BCUT2D eigenvalue weighted by Crippen LogP contribution is -2.30. The number of nitrogens with two attached hydrogens (primary N) is 1. The van der Waals surface area contributed by atoms with Gasteiger partial charge >= 0.3 is 0 Å². The highest BCUT2D eigenvalue weighted by atomic mass is 35.5. The molecule has 3 N–H and O–H groups in total. The van der Waals surface area contributed by atoms with Crippen LogP contribution in [0.15, 0.2) is 30.5 Å². The summed E-state index contributed by atoms with van der Waals surface area (Å²) >= 11 is 5.83. The smallest absolute Gasteiger partial charge is 0.0894 e. The number of rotatable bonds is 3. The topological polar surface area (TPSA) is 68.8 Å². The van der Waals surface area contributed by atoms with E-state index in [1.165, 1.54) is 0 Å². The van der Waals surface area contributed by atoms with E-state index in [2.05, 4.69) is 15.7 Å². The van der Waals surface area contributed by atoms with Gasteiger partial charge in [0.25, 0.3) is 0 Å². The van der Waals surface area contributed by atoms with Crippen LogP contribution in [0.5, 0.6) is 0 Å². The zero-order valence-electron chi connectivity index (χ0n) is 8.76. The predicted octanol–water partition coefficient (Wildman–Crippen LogP) is 1.02. The van der Waals surface area contributed by atoms with Gasteiger partial charge in [0.2, 0.25) is 0 Å².